The van der Waals surface area contributed by atoms with E-state index in [0.29, 0.717) is 17.5 Å². The highest BCUT2D eigenvalue weighted by molar-refractivity contribution is 6.28. The van der Waals surface area contributed by atoms with Crippen LogP contribution in [0.1, 0.15) is 0 Å². The predicted octanol–water partition coefficient (Wildman–Crippen LogP) is 12.9. The molecule has 0 bridgehead atoms. The Morgan fingerprint density at radius 3 is 1.69 bits per heavy atom. The highest BCUT2D eigenvalue weighted by atomic mass is 16.3. The van der Waals surface area contributed by atoms with Gasteiger partial charge in [0.1, 0.15) is 22.3 Å². The predicted molar refractivity (Wildman–Crippen MR) is 223 cm³/mol. The lowest BCUT2D eigenvalue weighted by Gasteiger charge is -2.11. The second-order valence-electron chi connectivity index (χ2n) is 13.9. The quantitative estimate of drug-likeness (QED) is 0.182. The number of aromatic nitrogens is 4. The molecule has 0 atom stereocenters. The summed E-state index contributed by atoms with van der Waals surface area (Å²) in [5.74, 6) is 1.83. The van der Waals surface area contributed by atoms with Gasteiger partial charge in [-0.15, -0.1) is 0 Å². The monoisotopic (exact) mass is 704 g/mol. The second-order valence-corrected chi connectivity index (χ2v) is 13.9. The summed E-state index contributed by atoms with van der Waals surface area (Å²) < 4.78 is 15.4. The molecule has 4 aromatic heterocycles. The molecule has 12 rings (SSSR count). The zero-order chi connectivity index (χ0) is 36.0. The number of furan rings is 2. The molecule has 8 aromatic carbocycles. The van der Waals surface area contributed by atoms with Gasteiger partial charge in [-0.2, -0.15) is 0 Å². The Morgan fingerprint density at radius 1 is 0.345 bits per heavy atom. The summed E-state index contributed by atoms with van der Waals surface area (Å²) in [6.45, 7) is 0. The van der Waals surface area contributed by atoms with E-state index in [9.17, 15) is 0 Å². The van der Waals surface area contributed by atoms with Crippen LogP contribution < -0.4 is 0 Å². The molecule has 0 saturated heterocycles. The van der Waals surface area contributed by atoms with Crippen LogP contribution in [-0.2, 0) is 0 Å². The highest BCUT2D eigenvalue weighted by Gasteiger charge is 2.22. The Hall–Kier alpha value is -7.57. The first kappa shape index (κ1) is 29.9. The van der Waals surface area contributed by atoms with Gasteiger partial charge in [-0.3, -0.25) is 0 Å². The minimum atomic E-state index is 0.593. The van der Waals surface area contributed by atoms with Gasteiger partial charge >= 0.3 is 0 Å². The summed E-state index contributed by atoms with van der Waals surface area (Å²) in [7, 11) is 0. The van der Waals surface area contributed by atoms with Crippen molar-refractivity contribution in [3.63, 3.8) is 0 Å². The Kier molecular flexibility index (Phi) is 6.24. The van der Waals surface area contributed by atoms with Gasteiger partial charge in [0.25, 0.3) is 0 Å². The normalized spacial score (nSPS) is 12.0. The van der Waals surface area contributed by atoms with Crippen LogP contribution in [0.4, 0.5) is 0 Å². The fraction of sp³-hybridized carbons (Fsp3) is 0. The summed E-state index contributed by atoms with van der Waals surface area (Å²) in [5, 5.41) is 8.84. The second kappa shape index (κ2) is 11.5. The van der Waals surface area contributed by atoms with Crippen LogP contribution in [0.5, 0.6) is 0 Å². The van der Waals surface area contributed by atoms with Crippen LogP contribution in [0.25, 0.3) is 116 Å². The number of fused-ring (bicyclic) bond motifs is 12. The zero-order valence-electron chi connectivity index (χ0n) is 29.3. The van der Waals surface area contributed by atoms with Crippen LogP contribution >= 0.6 is 0 Å². The maximum absolute atomic E-state index is 6.70. The van der Waals surface area contributed by atoms with Crippen molar-refractivity contribution in [1.82, 2.24) is 19.5 Å². The average Bonchev–Trinajstić information content (AvgIpc) is 3.93. The van der Waals surface area contributed by atoms with Gasteiger partial charge in [0.05, 0.1) is 11.0 Å². The van der Waals surface area contributed by atoms with E-state index in [1.54, 1.807) is 0 Å². The summed E-state index contributed by atoms with van der Waals surface area (Å²) in [6.07, 6.45) is 0. The molecular formula is C49H28N4O2. The van der Waals surface area contributed by atoms with Crippen molar-refractivity contribution in [2.75, 3.05) is 0 Å². The zero-order valence-corrected chi connectivity index (χ0v) is 29.3. The summed E-state index contributed by atoms with van der Waals surface area (Å²) in [4.78, 5) is 15.1. The van der Waals surface area contributed by atoms with Crippen LogP contribution in [0, 0.1) is 0 Å². The Bertz CT molecular complexity index is 3430. The first-order valence-corrected chi connectivity index (χ1v) is 18.4. The molecule has 0 aliphatic rings. The minimum Gasteiger partial charge on any atom is -0.456 e. The van der Waals surface area contributed by atoms with Crippen molar-refractivity contribution in [1.29, 1.82) is 0 Å². The average molecular weight is 705 g/mol. The van der Waals surface area contributed by atoms with Gasteiger partial charge < -0.3 is 13.4 Å². The molecule has 0 aliphatic heterocycles. The van der Waals surface area contributed by atoms with Crippen LogP contribution in [0.2, 0.25) is 0 Å². The smallest absolute Gasteiger partial charge is 0.164 e. The van der Waals surface area contributed by atoms with E-state index >= 15 is 0 Å². The molecule has 0 N–H and O–H groups in total. The Labute approximate surface area is 313 Å². The number of hydrogen-bond donors (Lipinski definition) is 0. The van der Waals surface area contributed by atoms with Gasteiger partial charge in [-0.05, 0) is 59.3 Å². The number of benzene rings is 8. The molecule has 6 nitrogen and oxygen atoms in total. The van der Waals surface area contributed by atoms with Crippen molar-refractivity contribution in [3.05, 3.63) is 170 Å². The van der Waals surface area contributed by atoms with Gasteiger partial charge in [-0.25, -0.2) is 15.0 Å². The number of rotatable bonds is 4. The minimum absolute atomic E-state index is 0.593. The van der Waals surface area contributed by atoms with E-state index in [0.717, 1.165) is 88.1 Å². The summed E-state index contributed by atoms with van der Waals surface area (Å²) >= 11 is 0. The number of nitrogens with zero attached hydrogens (tertiary/aromatic N) is 4. The molecule has 0 fully saturated rings. The van der Waals surface area contributed by atoms with E-state index in [1.165, 1.54) is 10.8 Å². The van der Waals surface area contributed by atoms with E-state index in [2.05, 4.69) is 102 Å². The van der Waals surface area contributed by atoms with Gasteiger partial charge in [0.2, 0.25) is 0 Å². The van der Waals surface area contributed by atoms with Crippen molar-refractivity contribution in [3.8, 4) is 39.9 Å². The van der Waals surface area contributed by atoms with Crippen LogP contribution in [0.15, 0.2) is 179 Å². The molecule has 0 radical (unpaired) electrons. The van der Waals surface area contributed by atoms with Gasteiger partial charge in [0, 0.05) is 54.7 Å². The molecule has 4 heterocycles. The van der Waals surface area contributed by atoms with Crippen molar-refractivity contribution >= 4 is 76.5 Å². The number of para-hydroxylation sites is 2. The maximum Gasteiger partial charge on any atom is 0.164 e. The Morgan fingerprint density at radius 2 is 0.927 bits per heavy atom. The Balaban J connectivity index is 1.10. The van der Waals surface area contributed by atoms with Crippen LogP contribution in [-0.4, -0.2) is 19.5 Å². The van der Waals surface area contributed by atoms with Crippen molar-refractivity contribution in [2.45, 2.75) is 0 Å². The highest BCUT2D eigenvalue weighted by Crippen LogP contribution is 2.44. The van der Waals surface area contributed by atoms with Crippen molar-refractivity contribution < 1.29 is 8.83 Å². The molecule has 55 heavy (non-hydrogen) atoms. The molecule has 256 valence electrons. The van der Waals surface area contributed by atoms with E-state index in [4.69, 9.17) is 23.8 Å². The standard InChI is InChI=1S/C49H28N4O2/c1-3-13-29(14-4-1)47-50-48(30-15-5-2-6-16-30)52-49(51-47)36-28-43-44(33-18-8-7-17-32(33)36)37-27-31(23-25-41(37)55-43)53-38-21-11-9-19-34(38)45-39(53)24-26-42-46(45)35-20-10-12-22-40(35)54-42/h1-28H. The fourth-order valence-corrected chi connectivity index (χ4v) is 8.43. The molecule has 0 amide bonds. The third-order valence-electron chi connectivity index (χ3n) is 10.8. The third kappa shape index (κ3) is 4.46. The van der Waals surface area contributed by atoms with E-state index in [-0.39, 0.29) is 0 Å². The topological polar surface area (TPSA) is 69.9 Å². The van der Waals surface area contributed by atoms with Gasteiger partial charge in [0.15, 0.2) is 17.5 Å². The van der Waals surface area contributed by atoms with E-state index in [1.807, 2.05) is 72.8 Å². The maximum atomic E-state index is 6.70. The molecule has 12 aromatic rings. The SMILES string of the molecule is c1ccc(-c2nc(-c3ccccc3)nc(-c3cc4oc5ccc(-n6c7ccccc7c7c8c(ccc76)oc6ccccc68)cc5c4c4ccccc34)n2)cc1. The number of hydrogen-bond acceptors (Lipinski definition) is 5. The first-order valence-electron chi connectivity index (χ1n) is 18.4. The molecule has 0 unspecified atom stereocenters. The lowest BCUT2D eigenvalue weighted by molar-refractivity contribution is 0.669. The molecule has 6 heteroatoms. The fourth-order valence-electron chi connectivity index (χ4n) is 8.43. The molecule has 0 spiro atoms. The summed E-state index contributed by atoms with van der Waals surface area (Å²) in [6, 6.07) is 58.4. The third-order valence-corrected chi connectivity index (χ3v) is 10.8. The summed E-state index contributed by atoms with van der Waals surface area (Å²) in [5.41, 5.74) is 9.42. The lowest BCUT2D eigenvalue weighted by atomic mass is 9.98. The molecule has 0 aliphatic carbocycles. The first-order chi connectivity index (χ1) is 27.3. The molecular weight excluding hydrogens is 677 g/mol. The van der Waals surface area contributed by atoms with Crippen LogP contribution in [0.3, 0.4) is 0 Å². The van der Waals surface area contributed by atoms with Gasteiger partial charge in [-0.1, -0.05) is 121 Å². The van der Waals surface area contributed by atoms with E-state index < -0.39 is 0 Å². The van der Waals surface area contributed by atoms with Crippen molar-refractivity contribution in [2.24, 2.45) is 0 Å². The lowest BCUT2D eigenvalue weighted by Crippen LogP contribution is -2.00. The largest absolute Gasteiger partial charge is 0.456 e. The molecule has 0 saturated carbocycles.